The summed E-state index contributed by atoms with van der Waals surface area (Å²) in [6, 6.07) is 15.0. The van der Waals surface area contributed by atoms with Crippen molar-refractivity contribution in [3.63, 3.8) is 0 Å². The van der Waals surface area contributed by atoms with E-state index in [0.29, 0.717) is 18.5 Å². The number of alkyl carbamates (subject to hydrolysis) is 1. The first-order valence-corrected chi connectivity index (χ1v) is 11.1. The highest BCUT2D eigenvalue weighted by atomic mass is 16.5. The number of hydrogen-bond acceptors (Lipinski definition) is 5. The van der Waals surface area contributed by atoms with E-state index in [1.165, 1.54) is 6.33 Å². The van der Waals surface area contributed by atoms with Crippen molar-refractivity contribution in [3.05, 3.63) is 77.9 Å². The van der Waals surface area contributed by atoms with Crippen LogP contribution in [-0.4, -0.2) is 51.2 Å². The molecule has 0 spiro atoms. The molecule has 3 aromatic rings. The minimum atomic E-state index is -1.26. The predicted octanol–water partition coefficient (Wildman–Crippen LogP) is 2.59. The highest BCUT2D eigenvalue weighted by molar-refractivity contribution is 5.93. The van der Waals surface area contributed by atoms with Crippen molar-refractivity contribution in [3.8, 4) is 11.1 Å². The first kappa shape index (κ1) is 21.7. The summed E-state index contributed by atoms with van der Waals surface area (Å²) in [6.45, 7) is 0.108. The number of hydrogen-bond donors (Lipinski definition) is 4. The number of rotatable bonds is 8. The Balaban J connectivity index is 1.27. The van der Waals surface area contributed by atoms with Crippen LogP contribution < -0.4 is 10.6 Å². The molecule has 5 rings (SSSR count). The minimum Gasteiger partial charge on any atom is -0.480 e. The van der Waals surface area contributed by atoms with Crippen molar-refractivity contribution in [1.29, 1.82) is 0 Å². The molecule has 0 aliphatic heterocycles. The third-order valence-electron chi connectivity index (χ3n) is 6.45. The van der Waals surface area contributed by atoms with Gasteiger partial charge >= 0.3 is 12.1 Å². The van der Waals surface area contributed by atoms with Gasteiger partial charge in [0, 0.05) is 24.2 Å². The summed E-state index contributed by atoms with van der Waals surface area (Å²) >= 11 is 0. The SMILES string of the molecule is O=C(N[C@H](Cc1cnc[nH]1)C(=O)NC1(C(=O)O)CC1)OCC1c2ccccc2-c2ccccc21. The Labute approximate surface area is 195 Å². The average Bonchev–Trinajstić information content (AvgIpc) is 3.31. The summed E-state index contributed by atoms with van der Waals surface area (Å²) in [5.41, 5.74) is 3.77. The van der Waals surface area contributed by atoms with E-state index in [1.807, 2.05) is 36.4 Å². The fraction of sp³-hybridized carbons (Fsp3) is 0.280. The van der Waals surface area contributed by atoms with E-state index in [4.69, 9.17) is 4.74 Å². The number of aliphatic carboxylic acids is 1. The summed E-state index contributed by atoms with van der Waals surface area (Å²) in [6.07, 6.45) is 3.10. The van der Waals surface area contributed by atoms with E-state index in [2.05, 4.69) is 32.7 Å². The number of aromatic amines is 1. The molecule has 1 fully saturated rings. The lowest BCUT2D eigenvalue weighted by atomic mass is 9.98. The molecule has 0 unspecified atom stereocenters. The maximum absolute atomic E-state index is 12.9. The van der Waals surface area contributed by atoms with Gasteiger partial charge in [0.05, 0.1) is 6.33 Å². The Morgan fingerprint density at radius 1 is 1.09 bits per heavy atom. The van der Waals surface area contributed by atoms with Gasteiger partial charge in [-0.3, -0.25) is 4.79 Å². The van der Waals surface area contributed by atoms with Crippen LogP contribution in [0.25, 0.3) is 11.1 Å². The van der Waals surface area contributed by atoms with E-state index >= 15 is 0 Å². The number of nitrogens with zero attached hydrogens (tertiary/aromatic N) is 1. The van der Waals surface area contributed by atoms with Crippen LogP contribution in [0.4, 0.5) is 4.79 Å². The first-order valence-electron chi connectivity index (χ1n) is 11.1. The zero-order valence-electron chi connectivity index (χ0n) is 18.3. The van der Waals surface area contributed by atoms with Crippen LogP contribution in [0, 0.1) is 0 Å². The highest BCUT2D eigenvalue weighted by Crippen LogP contribution is 2.44. The number of carbonyl (C=O) groups is 3. The minimum absolute atomic E-state index is 0.108. The standard InChI is InChI=1S/C25H24N4O5/c30-22(29-25(9-10-25)23(31)32)21(11-15-12-26-14-27-15)28-24(33)34-13-20-18-7-3-1-5-16(18)17-6-2-4-8-19(17)20/h1-8,12,14,20-21H,9-11,13H2,(H,26,27)(H,28,33)(H,29,30)(H,31,32)/t21-/m1/s1. The van der Waals surface area contributed by atoms with Crippen molar-refractivity contribution >= 4 is 18.0 Å². The molecule has 9 heteroatoms. The fourth-order valence-corrected chi connectivity index (χ4v) is 4.45. The Bertz CT molecular complexity index is 1190. The predicted molar refractivity (Wildman–Crippen MR) is 122 cm³/mol. The second-order valence-electron chi connectivity index (χ2n) is 8.68. The first-order chi connectivity index (χ1) is 16.5. The molecule has 0 bridgehead atoms. The fourth-order valence-electron chi connectivity index (χ4n) is 4.45. The molecule has 174 valence electrons. The lowest BCUT2D eigenvalue weighted by molar-refractivity contribution is -0.143. The molecule has 2 amide bonds. The second-order valence-corrected chi connectivity index (χ2v) is 8.68. The van der Waals surface area contributed by atoms with Gasteiger partial charge in [-0.2, -0.15) is 0 Å². The number of nitrogens with one attached hydrogen (secondary N) is 3. The zero-order chi connectivity index (χ0) is 23.7. The Hall–Kier alpha value is -4.14. The van der Waals surface area contributed by atoms with Crippen molar-refractivity contribution in [2.24, 2.45) is 0 Å². The number of benzene rings is 2. The normalized spacial score (nSPS) is 16.1. The molecule has 1 atom stereocenters. The third kappa shape index (κ3) is 4.12. The van der Waals surface area contributed by atoms with Gasteiger partial charge in [-0.15, -0.1) is 0 Å². The van der Waals surface area contributed by atoms with Gasteiger partial charge in [0.1, 0.15) is 18.2 Å². The van der Waals surface area contributed by atoms with Gasteiger partial charge in [-0.05, 0) is 35.1 Å². The Morgan fingerprint density at radius 3 is 2.29 bits per heavy atom. The zero-order valence-corrected chi connectivity index (χ0v) is 18.3. The second kappa shape index (κ2) is 8.66. The molecular formula is C25H24N4O5. The van der Waals surface area contributed by atoms with Crippen LogP contribution >= 0.6 is 0 Å². The van der Waals surface area contributed by atoms with Crippen LogP contribution in [0.2, 0.25) is 0 Å². The molecule has 4 N–H and O–H groups in total. The quantitative estimate of drug-likeness (QED) is 0.408. The monoisotopic (exact) mass is 460 g/mol. The van der Waals surface area contributed by atoms with E-state index in [9.17, 15) is 19.5 Å². The highest BCUT2D eigenvalue weighted by Gasteiger charge is 2.52. The molecule has 2 aromatic carbocycles. The van der Waals surface area contributed by atoms with Gasteiger partial charge in [-0.1, -0.05) is 48.5 Å². The summed E-state index contributed by atoms with van der Waals surface area (Å²) in [5, 5.41) is 14.6. The number of ether oxygens (including phenoxy) is 1. The summed E-state index contributed by atoms with van der Waals surface area (Å²) < 4.78 is 5.56. The average molecular weight is 460 g/mol. The van der Waals surface area contributed by atoms with Crippen LogP contribution in [-0.2, 0) is 20.7 Å². The maximum atomic E-state index is 12.9. The number of amides is 2. The molecular weight excluding hydrogens is 436 g/mol. The van der Waals surface area contributed by atoms with Crippen molar-refractivity contribution in [1.82, 2.24) is 20.6 Å². The topological polar surface area (TPSA) is 133 Å². The maximum Gasteiger partial charge on any atom is 0.407 e. The number of carbonyl (C=O) groups excluding carboxylic acids is 2. The number of carboxylic acid groups (broad SMARTS) is 1. The van der Waals surface area contributed by atoms with Crippen LogP contribution in [0.3, 0.4) is 0 Å². The molecule has 9 nitrogen and oxygen atoms in total. The Kier molecular flexibility index (Phi) is 5.53. The summed E-state index contributed by atoms with van der Waals surface area (Å²) in [7, 11) is 0. The number of aromatic nitrogens is 2. The van der Waals surface area contributed by atoms with Gasteiger partial charge in [0.15, 0.2) is 0 Å². The van der Waals surface area contributed by atoms with E-state index < -0.39 is 29.6 Å². The molecule has 1 aromatic heterocycles. The summed E-state index contributed by atoms with van der Waals surface area (Å²) in [5.74, 6) is -1.77. The molecule has 0 radical (unpaired) electrons. The number of H-pyrrole nitrogens is 1. The van der Waals surface area contributed by atoms with Gasteiger partial charge in [0.25, 0.3) is 0 Å². The third-order valence-corrected chi connectivity index (χ3v) is 6.45. The molecule has 1 heterocycles. The van der Waals surface area contributed by atoms with Gasteiger partial charge in [-0.25, -0.2) is 14.6 Å². The van der Waals surface area contributed by atoms with Crippen molar-refractivity contribution < 1.29 is 24.2 Å². The van der Waals surface area contributed by atoms with Crippen LogP contribution in [0.1, 0.15) is 35.6 Å². The Morgan fingerprint density at radius 2 is 1.74 bits per heavy atom. The van der Waals surface area contributed by atoms with Crippen molar-refractivity contribution in [2.45, 2.75) is 36.8 Å². The lowest BCUT2D eigenvalue weighted by Crippen LogP contribution is -2.53. The van der Waals surface area contributed by atoms with Gasteiger partial charge < -0.3 is 25.5 Å². The molecule has 34 heavy (non-hydrogen) atoms. The van der Waals surface area contributed by atoms with Gasteiger partial charge in [0.2, 0.25) is 5.91 Å². The largest absolute Gasteiger partial charge is 0.480 e. The van der Waals surface area contributed by atoms with Crippen LogP contribution in [0.5, 0.6) is 0 Å². The van der Waals surface area contributed by atoms with Crippen molar-refractivity contribution in [2.75, 3.05) is 6.61 Å². The lowest BCUT2D eigenvalue weighted by Gasteiger charge is -2.21. The number of carboxylic acids is 1. The molecule has 2 aliphatic rings. The molecule has 0 saturated heterocycles. The summed E-state index contributed by atoms with van der Waals surface area (Å²) in [4.78, 5) is 43.9. The number of imidazole rings is 1. The smallest absolute Gasteiger partial charge is 0.407 e. The van der Waals surface area contributed by atoms with E-state index in [0.717, 1.165) is 22.3 Å². The van der Waals surface area contributed by atoms with E-state index in [1.54, 1.807) is 6.20 Å². The van der Waals surface area contributed by atoms with Crippen LogP contribution in [0.15, 0.2) is 61.1 Å². The molecule has 1 saturated carbocycles. The number of fused-ring (bicyclic) bond motifs is 3. The van der Waals surface area contributed by atoms with E-state index in [-0.39, 0.29) is 18.9 Å². The molecule has 2 aliphatic carbocycles.